The third-order valence-electron chi connectivity index (χ3n) is 2.30. The van der Waals surface area contributed by atoms with Gasteiger partial charge in [0.05, 0.1) is 6.20 Å². The molecule has 0 unspecified atom stereocenters. The lowest BCUT2D eigenvalue weighted by Gasteiger charge is -2.00. The van der Waals surface area contributed by atoms with Gasteiger partial charge in [-0.3, -0.25) is 0 Å². The van der Waals surface area contributed by atoms with Crippen molar-refractivity contribution in [3.63, 3.8) is 0 Å². The Morgan fingerprint density at radius 3 is 2.25 bits per heavy atom. The normalized spacial score (nSPS) is 11.9. The van der Waals surface area contributed by atoms with Crippen molar-refractivity contribution in [1.82, 2.24) is 9.46 Å². The van der Waals surface area contributed by atoms with E-state index in [4.69, 9.17) is 5.21 Å². The molecule has 84 valence electrons. The summed E-state index contributed by atoms with van der Waals surface area (Å²) in [4.78, 5) is 0. The first-order valence-corrected chi connectivity index (χ1v) is 4.61. The van der Waals surface area contributed by atoms with E-state index in [-0.39, 0.29) is 5.62 Å². The van der Waals surface area contributed by atoms with Gasteiger partial charge < -0.3 is 15.6 Å². The summed E-state index contributed by atoms with van der Waals surface area (Å²) in [7, 11) is 0. The third-order valence-corrected chi connectivity index (χ3v) is 2.30. The Morgan fingerprint density at radius 1 is 1.12 bits per heavy atom. The number of hydrogen-bond donors (Lipinski definition) is 3. The zero-order valence-corrected chi connectivity index (χ0v) is 8.57. The maximum Gasteiger partial charge on any atom is 0.312 e. The Bertz CT molecular complexity index is 566. The lowest BCUT2D eigenvalue weighted by molar-refractivity contribution is 0.109. The van der Waals surface area contributed by atoms with Crippen LogP contribution in [0.4, 0.5) is 0 Å². The molecule has 2 aromatic rings. The van der Waals surface area contributed by atoms with Crippen molar-refractivity contribution in [3.05, 3.63) is 41.6 Å². The van der Waals surface area contributed by atoms with Crippen LogP contribution in [0.15, 0.2) is 35.6 Å². The van der Waals surface area contributed by atoms with E-state index < -0.39 is 0 Å². The predicted octanol–water partition coefficient (Wildman–Crippen LogP) is 1.03. The number of hydrogen-bond acceptors (Lipinski definition) is 4. The van der Waals surface area contributed by atoms with Crippen molar-refractivity contribution in [2.45, 2.75) is 6.92 Å². The average Bonchev–Trinajstić information content (AvgIpc) is 2.55. The van der Waals surface area contributed by atoms with E-state index >= 15 is 0 Å². The Labute approximate surface area is 90.8 Å². The van der Waals surface area contributed by atoms with Crippen LogP contribution in [0.5, 0.6) is 0 Å². The molecule has 1 aromatic carbocycles. The van der Waals surface area contributed by atoms with Crippen LogP contribution < -0.4 is 5.62 Å². The van der Waals surface area contributed by atoms with Crippen LogP contribution in [0.1, 0.15) is 5.56 Å². The second-order valence-corrected chi connectivity index (χ2v) is 3.44. The van der Waals surface area contributed by atoms with Crippen LogP contribution in [0.25, 0.3) is 11.3 Å². The molecule has 0 atom stereocenters. The minimum atomic E-state index is -0.365. The van der Waals surface area contributed by atoms with Gasteiger partial charge in [0, 0.05) is 5.56 Å². The lowest BCUT2D eigenvalue weighted by atomic mass is 10.1. The fraction of sp³-hybridized carbons (Fsp3) is 0.100. The first-order valence-electron chi connectivity index (χ1n) is 4.61. The van der Waals surface area contributed by atoms with Crippen LogP contribution in [-0.2, 0) is 0 Å². The van der Waals surface area contributed by atoms with E-state index in [1.807, 2.05) is 19.1 Å². The summed E-state index contributed by atoms with van der Waals surface area (Å²) < 4.78 is 1.14. The minimum Gasteiger partial charge on any atom is -0.425 e. The van der Waals surface area contributed by atoms with Gasteiger partial charge in [-0.15, -0.1) is 4.73 Å². The summed E-state index contributed by atoms with van der Waals surface area (Å²) in [5.74, 6) is 0. The first-order chi connectivity index (χ1) is 7.63. The fourth-order valence-corrected chi connectivity index (χ4v) is 1.44. The molecule has 0 spiro atoms. The number of aryl methyl sites for hydroxylation is 1. The average molecular weight is 221 g/mol. The molecular formula is C10H11N3O3. The van der Waals surface area contributed by atoms with Crippen molar-refractivity contribution in [2.24, 2.45) is 5.16 Å². The van der Waals surface area contributed by atoms with Crippen molar-refractivity contribution < 1.29 is 15.6 Å². The van der Waals surface area contributed by atoms with E-state index in [1.165, 1.54) is 6.20 Å². The molecule has 0 saturated heterocycles. The Kier molecular flexibility index (Phi) is 2.32. The summed E-state index contributed by atoms with van der Waals surface area (Å²) in [6, 6.07) is 7.33. The molecule has 6 heteroatoms. The highest BCUT2D eigenvalue weighted by Crippen LogP contribution is 2.17. The summed E-state index contributed by atoms with van der Waals surface area (Å²) in [6.07, 6.45) is 1.25. The van der Waals surface area contributed by atoms with E-state index in [0.29, 0.717) is 20.7 Å². The van der Waals surface area contributed by atoms with Gasteiger partial charge in [-0.2, -0.15) is 4.73 Å². The zero-order chi connectivity index (χ0) is 11.7. The number of rotatable bonds is 1. The van der Waals surface area contributed by atoms with Gasteiger partial charge in [0.25, 0.3) is 0 Å². The van der Waals surface area contributed by atoms with Gasteiger partial charge in [0.2, 0.25) is 0 Å². The second-order valence-electron chi connectivity index (χ2n) is 3.44. The first kappa shape index (κ1) is 10.2. The minimum absolute atomic E-state index is 0.329. The Balaban J connectivity index is 2.61. The highest BCUT2D eigenvalue weighted by atomic mass is 16.5. The lowest BCUT2D eigenvalue weighted by Crippen LogP contribution is -2.23. The maximum atomic E-state index is 9.61. The summed E-state index contributed by atoms with van der Waals surface area (Å²) in [5.41, 5.74) is 1.75. The Morgan fingerprint density at radius 2 is 1.75 bits per heavy atom. The summed E-state index contributed by atoms with van der Waals surface area (Å²) >= 11 is 0. The quantitative estimate of drug-likeness (QED) is 0.382. The molecule has 16 heavy (non-hydrogen) atoms. The highest BCUT2D eigenvalue weighted by molar-refractivity contribution is 5.58. The molecule has 0 aliphatic rings. The summed E-state index contributed by atoms with van der Waals surface area (Å²) in [5, 5.41) is 30.3. The predicted molar refractivity (Wildman–Crippen MR) is 54.3 cm³/mol. The smallest absolute Gasteiger partial charge is 0.312 e. The number of benzene rings is 1. The van der Waals surface area contributed by atoms with Gasteiger partial charge in [-0.25, -0.2) is 0 Å². The topological polar surface area (TPSA) is 82.9 Å². The molecule has 3 N–H and O–H groups in total. The molecular weight excluding hydrogens is 210 g/mol. The molecule has 0 aliphatic heterocycles. The van der Waals surface area contributed by atoms with E-state index in [9.17, 15) is 10.4 Å². The molecule has 1 aromatic heterocycles. The molecule has 0 amide bonds. The van der Waals surface area contributed by atoms with Crippen molar-refractivity contribution in [3.8, 4) is 11.3 Å². The largest absolute Gasteiger partial charge is 0.425 e. The molecule has 0 aliphatic carbocycles. The van der Waals surface area contributed by atoms with Crippen molar-refractivity contribution in [2.75, 3.05) is 0 Å². The van der Waals surface area contributed by atoms with Gasteiger partial charge in [0.1, 0.15) is 5.69 Å². The molecule has 0 bridgehead atoms. The van der Waals surface area contributed by atoms with E-state index in [2.05, 4.69) is 5.16 Å². The standard InChI is InChI=1S/C10H11N3O3/c1-7-2-4-8(5-3-7)9-6-12(15)10(11-14)13(9)16/h2-6,14-16H,1H3. The zero-order valence-electron chi connectivity index (χ0n) is 8.57. The van der Waals surface area contributed by atoms with Crippen LogP contribution in [-0.4, -0.2) is 25.1 Å². The molecule has 0 saturated carbocycles. The highest BCUT2D eigenvalue weighted by Gasteiger charge is 2.10. The molecule has 6 nitrogen and oxygen atoms in total. The van der Waals surface area contributed by atoms with Gasteiger partial charge in [-0.05, 0) is 12.1 Å². The van der Waals surface area contributed by atoms with Crippen LogP contribution in [0.3, 0.4) is 0 Å². The van der Waals surface area contributed by atoms with Crippen molar-refractivity contribution >= 4 is 0 Å². The van der Waals surface area contributed by atoms with Gasteiger partial charge in [0.15, 0.2) is 0 Å². The number of aromatic nitrogens is 2. The number of imidazole rings is 1. The van der Waals surface area contributed by atoms with E-state index in [0.717, 1.165) is 5.56 Å². The van der Waals surface area contributed by atoms with Crippen LogP contribution in [0, 0.1) is 6.92 Å². The van der Waals surface area contributed by atoms with Crippen LogP contribution in [0.2, 0.25) is 0 Å². The number of nitrogens with zero attached hydrogens (tertiary/aromatic N) is 3. The van der Waals surface area contributed by atoms with Gasteiger partial charge >= 0.3 is 5.62 Å². The SMILES string of the molecule is Cc1ccc(-c2cn(O)c(=NO)n2O)cc1. The maximum absolute atomic E-state index is 9.61. The fourth-order valence-electron chi connectivity index (χ4n) is 1.44. The molecule has 0 radical (unpaired) electrons. The van der Waals surface area contributed by atoms with Crippen LogP contribution >= 0.6 is 0 Å². The van der Waals surface area contributed by atoms with Crippen molar-refractivity contribution in [1.29, 1.82) is 0 Å². The van der Waals surface area contributed by atoms with E-state index in [1.54, 1.807) is 12.1 Å². The molecule has 0 fully saturated rings. The molecule has 1 heterocycles. The monoisotopic (exact) mass is 221 g/mol. The summed E-state index contributed by atoms with van der Waals surface area (Å²) in [6.45, 7) is 1.95. The van der Waals surface area contributed by atoms with Gasteiger partial charge in [-0.1, -0.05) is 29.8 Å². The Hall–Kier alpha value is -2.37. The second kappa shape index (κ2) is 3.65. The molecule has 2 rings (SSSR count). The third kappa shape index (κ3) is 1.50.